The molecule has 0 spiro atoms. The summed E-state index contributed by atoms with van der Waals surface area (Å²) in [6.45, 7) is 12.5. The van der Waals surface area contributed by atoms with Crippen LogP contribution in [0.1, 0.15) is 60.3 Å². The second-order valence-corrected chi connectivity index (χ2v) is 9.45. The number of carbonyl (C=O) groups excluding carboxylic acids is 1. The number of methoxy groups -OCH3 is 1. The predicted octanol–water partition coefficient (Wildman–Crippen LogP) is 5.34. The van der Waals surface area contributed by atoms with Crippen LogP contribution < -0.4 is 0 Å². The van der Waals surface area contributed by atoms with Crippen molar-refractivity contribution in [2.75, 3.05) is 13.7 Å². The molecule has 2 aromatic carbocycles. The lowest BCUT2D eigenvalue weighted by atomic mass is 9.80. The topological polar surface area (TPSA) is 76.1 Å². The van der Waals surface area contributed by atoms with E-state index in [0.717, 1.165) is 44.5 Å². The van der Waals surface area contributed by atoms with Gasteiger partial charge in [0, 0.05) is 18.7 Å². The van der Waals surface area contributed by atoms with Crippen molar-refractivity contribution < 1.29 is 24.2 Å². The van der Waals surface area contributed by atoms with Crippen LogP contribution in [0.2, 0.25) is 0 Å². The van der Waals surface area contributed by atoms with E-state index in [9.17, 15) is 14.7 Å². The molecule has 1 N–H and O–H groups in total. The van der Waals surface area contributed by atoms with Crippen LogP contribution in [-0.2, 0) is 27.2 Å². The normalized spacial score (nSPS) is 14.7. The van der Waals surface area contributed by atoms with Crippen LogP contribution in [0.3, 0.4) is 0 Å². The molecule has 3 rings (SSSR count). The molecule has 2 aromatic rings. The Balaban J connectivity index is 2.35. The summed E-state index contributed by atoms with van der Waals surface area (Å²) in [6, 6.07) is 8.23. The van der Waals surface area contributed by atoms with E-state index in [-0.39, 0.29) is 0 Å². The zero-order valence-electron chi connectivity index (χ0n) is 20.0. The van der Waals surface area contributed by atoms with Crippen molar-refractivity contribution in [2.24, 2.45) is 0 Å². The number of aryl methyl sites for hydroxylation is 1. The van der Waals surface area contributed by atoms with E-state index in [1.54, 1.807) is 0 Å². The third kappa shape index (κ3) is 4.65. The summed E-state index contributed by atoms with van der Waals surface area (Å²) in [5.74, 6) is -0.471. The summed E-state index contributed by atoms with van der Waals surface area (Å²) in [6.07, 6.45) is -1.23. The lowest BCUT2D eigenvalue weighted by Gasteiger charge is -2.35. The van der Waals surface area contributed by atoms with Crippen LogP contribution >= 0.6 is 0 Å². The minimum atomic E-state index is -0.938. The van der Waals surface area contributed by atoms with Gasteiger partial charge in [-0.25, -0.2) is 9.59 Å². The van der Waals surface area contributed by atoms with Gasteiger partial charge in [0.15, 0.2) is 6.10 Å². The summed E-state index contributed by atoms with van der Waals surface area (Å²) in [5, 5.41) is 9.57. The van der Waals surface area contributed by atoms with Gasteiger partial charge in [-0.05, 0) is 81.3 Å². The smallest absolute Gasteiger partial charge is 0.407 e. The number of amides is 1. The van der Waals surface area contributed by atoms with Gasteiger partial charge in [0.25, 0.3) is 0 Å². The van der Waals surface area contributed by atoms with E-state index in [1.807, 2.05) is 34.6 Å². The lowest BCUT2D eigenvalue weighted by Crippen LogP contribution is -2.36. The maximum absolute atomic E-state index is 13.0. The molecule has 0 saturated heterocycles. The fourth-order valence-corrected chi connectivity index (χ4v) is 4.49. The monoisotopic (exact) mass is 439 g/mol. The first-order valence-corrected chi connectivity index (χ1v) is 10.9. The van der Waals surface area contributed by atoms with Crippen LogP contribution in [-0.4, -0.2) is 41.3 Å². The molecular weight excluding hydrogens is 406 g/mol. The molecular formula is C26H33NO5. The third-order valence-electron chi connectivity index (χ3n) is 6.06. The zero-order chi connectivity index (χ0) is 23.8. The second-order valence-electron chi connectivity index (χ2n) is 9.45. The summed E-state index contributed by atoms with van der Waals surface area (Å²) in [4.78, 5) is 26.1. The van der Waals surface area contributed by atoms with Crippen molar-refractivity contribution in [3.63, 3.8) is 0 Å². The van der Waals surface area contributed by atoms with E-state index in [4.69, 9.17) is 9.47 Å². The maximum atomic E-state index is 13.0. The zero-order valence-corrected chi connectivity index (χ0v) is 20.0. The number of hydrogen-bond acceptors (Lipinski definition) is 4. The minimum Gasteiger partial charge on any atom is -0.467 e. The van der Waals surface area contributed by atoms with Crippen molar-refractivity contribution in [1.29, 1.82) is 0 Å². The number of ether oxygens (including phenoxy) is 2. The van der Waals surface area contributed by atoms with Gasteiger partial charge in [-0.15, -0.1) is 0 Å². The van der Waals surface area contributed by atoms with Crippen molar-refractivity contribution in [1.82, 2.24) is 4.90 Å². The molecule has 32 heavy (non-hydrogen) atoms. The number of benzene rings is 2. The highest BCUT2D eigenvalue weighted by Gasteiger charge is 2.35. The summed E-state index contributed by atoms with van der Waals surface area (Å²) >= 11 is 0. The summed E-state index contributed by atoms with van der Waals surface area (Å²) in [7, 11) is 1.36. The average Bonchev–Trinajstić information content (AvgIpc) is 2.73. The first-order valence-electron chi connectivity index (χ1n) is 10.9. The Hall–Kier alpha value is -2.86. The lowest BCUT2D eigenvalue weighted by molar-refractivity contribution is -0.164. The standard InChI is InChI=1S/C26H33NO5/c1-15-8-10-18(11-9-15)21-16(2)19-12-13-27(25(29)30)14-20(19)17(3)22(21)23(24(28)31-7)32-26(4,5)6/h8-11,23H,12-14H2,1-7H3,(H,29,30). The van der Waals surface area contributed by atoms with Crippen LogP contribution in [0.5, 0.6) is 0 Å². The number of carbonyl (C=O) groups is 2. The Morgan fingerprint density at radius 1 is 1.03 bits per heavy atom. The molecule has 6 heteroatoms. The number of hydrogen-bond donors (Lipinski definition) is 1. The molecule has 1 atom stereocenters. The molecule has 172 valence electrons. The minimum absolute atomic E-state index is 0.294. The summed E-state index contributed by atoms with van der Waals surface area (Å²) in [5.41, 5.74) is 7.31. The van der Waals surface area contributed by atoms with Crippen molar-refractivity contribution in [2.45, 2.75) is 66.2 Å². The highest BCUT2D eigenvalue weighted by atomic mass is 16.6. The molecule has 0 fully saturated rings. The van der Waals surface area contributed by atoms with Crippen molar-refractivity contribution in [3.05, 3.63) is 57.6 Å². The van der Waals surface area contributed by atoms with Crippen LogP contribution in [0.25, 0.3) is 11.1 Å². The van der Waals surface area contributed by atoms with Crippen LogP contribution in [0.15, 0.2) is 24.3 Å². The predicted molar refractivity (Wildman–Crippen MR) is 124 cm³/mol. The second kappa shape index (κ2) is 8.94. The van der Waals surface area contributed by atoms with E-state index in [1.165, 1.54) is 12.0 Å². The van der Waals surface area contributed by atoms with Crippen molar-refractivity contribution >= 4 is 12.1 Å². The van der Waals surface area contributed by atoms with Gasteiger partial charge in [0.2, 0.25) is 0 Å². The van der Waals surface area contributed by atoms with E-state index >= 15 is 0 Å². The molecule has 1 heterocycles. The number of rotatable bonds is 4. The van der Waals surface area contributed by atoms with Gasteiger partial charge in [0.1, 0.15) is 0 Å². The van der Waals surface area contributed by atoms with Crippen LogP contribution in [0, 0.1) is 20.8 Å². The Labute approximate surface area is 190 Å². The number of nitrogens with zero attached hydrogens (tertiary/aromatic N) is 1. The Bertz CT molecular complexity index is 1030. The Morgan fingerprint density at radius 2 is 1.66 bits per heavy atom. The van der Waals surface area contributed by atoms with Crippen LogP contribution in [0.4, 0.5) is 4.79 Å². The molecule has 0 aliphatic carbocycles. The Morgan fingerprint density at radius 3 is 2.19 bits per heavy atom. The molecule has 1 aliphatic rings. The van der Waals surface area contributed by atoms with Gasteiger partial charge in [-0.3, -0.25) is 0 Å². The van der Waals surface area contributed by atoms with E-state index in [2.05, 4.69) is 31.2 Å². The first kappa shape index (κ1) is 23.8. The first-order chi connectivity index (χ1) is 14.9. The van der Waals surface area contributed by atoms with Gasteiger partial charge in [-0.2, -0.15) is 0 Å². The number of esters is 1. The Kier molecular flexibility index (Phi) is 6.65. The van der Waals surface area contributed by atoms with E-state index < -0.39 is 23.8 Å². The fraction of sp³-hybridized carbons (Fsp3) is 0.462. The third-order valence-corrected chi connectivity index (χ3v) is 6.06. The highest BCUT2D eigenvalue weighted by Crippen LogP contribution is 2.42. The van der Waals surface area contributed by atoms with Crippen molar-refractivity contribution in [3.8, 4) is 11.1 Å². The molecule has 1 amide bonds. The molecule has 0 saturated carbocycles. The van der Waals surface area contributed by atoms with Gasteiger partial charge >= 0.3 is 12.1 Å². The molecule has 0 radical (unpaired) electrons. The number of carboxylic acid groups (broad SMARTS) is 1. The maximum Gasteiger partial charge on any atom is 0.407 e. The van der Waals surface area contributed by atoms with Gasteiger partial charge in [0.05, 0.1) is 12.7 Å². The average molecular weight is 440 g/mol. The largest absolute Gasteiger partial charge is 0.467 e. The van der Waals surface area contributed by atoms with Gasteiger partial charge < -0.3 is 19.5 Å². The quantitative estimate of drug-likeness (QED) is 0.651. The molecule has 0 aromatic heterocycles. The fourth-order valence-electron chi connectivity index (χ4n) is 4.49. The SMILES string of the molecule is COC(=O)C(OC(C)(C)C)c1c(C)c2c(c(C)c1-c1ccc(C)cc1)CCN(C(=O)O)C2. The van der Waals surface area contributed by atoms with E-state index in [0.29, 0.717) is 19.5 Å². The van der Waals surface area contributed by atoms with Gasteiger partial charge in [-0.1, -0.05) is 29.8 Å². The molecule has 0 bridgehead atoms. The molecule has 1 unspecified atom stereocenters. The molecule has 1 aliphatic heterocycles. The highest BCUT2D eigenvalue weighted by molar-refractivity contribution is 5.85. The molecule has 6 nitrogen and oxygen atoms in total. The number of fused-ring (bicyclic) bond motifs is 1. The summed E-state index contributed by atoms with van der Waals surface area (Å²) < 4.78 is 11.4.